The molecule has 0 radical (unpaired) electrons. The Bertz CT molecular complexity index is 639. The van der Waals surface area contributed by atoms with Crippen LogP contribution >= 0.6 is 0 Å². The lowest BCUT2D eigenvalue weighted by molar-refractivity contribution is -0.139. The summed E-state index contributed by atoms with van der Waals surface area (Å²) in [4.78, 5) is 28.8. The first kappa shape index (κ1) is 21.1. The van der Waals surface area contributed by atoms with Crippen molar-refractivity contribution in [3.8, 4) is 11.5 Å². The molecule has 0 spiro atoms. The summed E-state index contributed by atoms with van der Waals surface area (Å²) in [5.41, 5.74) is 0.898. The minimum absolute atomic E-state index is 0.0389. The Morgan fingerprint density at radius 1 is 1.15 bits per heavy atom. The maximum atomic E-state index is 12.6. The molecule has 1 aliphatic rings. The smallest absolute Gasteiger partial charge is 0.226 e. The van der Waals surface area contributed by atoms with E-state index in [0.29, 0.717) is 31.0 Å². The Morgan fingerprint density at radius 2 is 1.81 bits per heavy atom. The standard InChI is InChI=1S/C21H32N2O4/c1-5-6-11-22(2)21(25)17-9-12-23(13-10-17)20(24)15-16-7-8-18(26-3)19(14-16)27-4/h7-8,14,17H,5-6,9-13,15H2,1-4H3. The molecule has 0 aromatic heterocycles. The Kier molecular flexibility index (Phi) is 7.95. The average Bonchev–Trinajstić information content (AvgIpc) is 2.71. The summed E-state index contributed by atoms with van der Waals surface area (Å²) >= 11 is 0. The van der Waals surface area contributed by atoms with Gasteiger partial charge >= 0.3 is 0 Å². The number of rotatable bonds is 8. The number of unbranched alkanes of at least 4 members (excludes halogenated alkanes) is 1. The molecule has 0 atom stereocenters. The van der Waals surface area contributed by atoms with Crippen LogP contribution in [0.5, 0.6) is 11.5 Å². The van der Waals surface area contributed by atoms with Crippen molar-refractivity contribution in [2.75, 3.05) is 40.9 Å². The van der Waals surface area contributed by atoms with Crippen LogP contribution in [0.15, 0.2) is 18.2 Å². The molecule has 1 fully saturated rings. The number of hydrogen-bond donors (Lipinski definition) is 0. The Hall–Kier alpha value is -2.24. The average molecular weight is 376 g/mol. The van der Waals surface area contributed by atoms with E-state index in [4.69, 9.17) is 9.47 Å². The number of ether oxygens (including phenoxy) is 2. The molecular formula is C21H32N2O4. The van der Waals surface area contributed by atoms with Gasteiger partial charge in [0.2, 0.25) is 11.8 Å². The predicted molar refractivity (Wildman–Crippen MR) is 105 cm³/mol. The number of benzene rings is 1. The Labute approximate surface area is 162 Å². The number of likely N-dealkylation sites (tertiary alicyclic amines) is 1. The molecule has 6 nitrogen and oxygen atoms in total. The number of nitrogens with zero attached hydrogens (tertiary/aromatic N) is 2. The molecule has 0 N–H and O–H groups in total. The molecule has 1 heterocycles. The third kappa shape index (κ3) is 5.62. The van der Waals surface area contributed by atoms with Crippen LogP contribution in [0.1, 0.15) is 38.2 Å². The summed E-state index contributed by atoms with van der Waals surface area (Å²) in [5, 5.41) is 0. The van der Waals surface area contributed by atoms with Crippen molar-refractivity contribution in [1.82, 2.24) is 9.80 Å². The Balaban J connectivity index is 1.87. The van der Waals surface area contributed by atoms with E-state index < -0.39 is 0 Å². The molecule has 2 rings (SSSR count). The van der Waals surface area contributed by atoms with E-state index in [9.17, 15) is 9.59 Å². The van der Waals surface area contributed by atoms with E-state index in [1.165, 1.54) is 0 Å². The third-order valence-electron chi connectivity index (χ3n) is 5.22. The molecule has 1 saturated heterocycles. The van der Waals surface area contributed by atoms with Gasteiger partial charge in [-0.15, -0.1) is 0 Å². The van der Waals surface area contributed by atoms with Gasteiger partial charge in [0.05, 0.1) is 20.6 Å². The van der Waals surface area contributed by atoms with Crippen molar-refractivity contribution in [3.63, 3.8) is 0 Å². The molecule has 1 aromatic rings. The zero-order chi connectivity index (χ0) is 19.8. The lowest BCUT2D eigenvalue weighted by Gasteiger charge is -2.33. The van der Waals surface area contributed by atoms with E-state index in [1.54, 1.807) is 14.2 Å². The van der Waals surface area contributed by atoms with E-state index >= 15 is 0 Å². The molecular weight excluding hydrogens is 344 g/mol. The van der Waals surface area contributed by atoms with Crippen LogP contribution in [0.3, 0.4) is 0 Å². The van der Waals surface area contributed by atoms with Crippen LogP contribution in [0.2, 0.25) is 0 Å². The Morgan fingerprint density at radius 3 is 2.41 bits per heavy atom. The first-order valence-electron chi connectivity index (χ1n) is 9.73. The van der Waals surface area contributed by atoms with E-state index in [2.05, 4.69) is 6.92 Å². The minimum Gasteiger partial charge on any atom is -0.493 e. The largest absolute Gasteiger partial charge is 0.493 e. The molecule has 0 saturated carbocycles. The van der Waals surface area contributed by atoms with E-state index in [-0.39, 0.29) is 17.7 Å². The second-order valence-electron chi connectivity index (χ2n) is 7.13. The summed E-state index contributed by atoms with van der Waals surface area (Å²) in [5.74, 6) is 1.63. The summed E-state index contributed by atoms with van der Waals surface area (Å²) in [7, 11) is 5.06. The zero-order valence-electron chi connectivity index (χ0n) is 17.0. The normalized spacial score (nSPS) is 14.7. The third-order valence-corrected chi connectivity index (χ3v) is 5.22. The number of carbonyl (C=O) groups is 2. The molecule has 2 amide bonds. The lowest BCUT2D eigenvalue weighted by Crippen LogP contribution is -2.44. The highest BCUT2D eigenvalue weighted by molar-refractivity contribution is 5.81. The fourth-order valence-corrected chi connectivity index (χ4v) is 3.47. The number of hydrogen-bond acceptors (Lipinski definition) is 4. The molecule has 0 unspecified atom stereocenters. The van der Waals surface area contributed by atoms with Crippen LogP contribution in [-0.2, 0) is 16.0 Å². The second-order valence-corrected chi connectivity index (χ2v) is 7.13. The predicted octanol–water partition coefficient (Wildman–Crippen LogP) is 2.74. The van der Waals surface area contributed by atoms with Crippen LogP contribution in [0.4, 0.5) is 0 Å². The van der Waals surface area contributed by atoms with Crippen molar-refractivity contribution >= 4 is 11.8 Å². The SMILES string of the molecule is CCCCN(C)C(=O)C1CCN(C(=O)Cc2ccc(OC)c(OC)c2)CC1. The maximum absolute atomic E-state index is 12.6. The minimum atomic E-state index is 0.0389. The van der Waals surface area contributed by atoms with Gasteiger partial charge in [-0.1, -0.05) is 19.4 Å². The molecule has 6 heteroatoms. The topological polar surface area (TPSA) is 59.1 Å². The monoisotopic (exact) mass is 376 g/mol. The van der Waals surface area contributed by atoms with Crippen molar-refractivity contribution in [3.05, 3.63) is 23.8 Å². The fraction of sp³-hybridized carbons (Fsp3) is 0.619. The van der Waals surface area contributed by atoms with Gasteiger partial charge in [0.15, 0.2) is 11.5 Å². The second kappa shape index (κ2) is 10.2. The summed E-state index contributed by atoms with van der Waals surface area (Å²) in [6, 6.07) is 5.55. The summed E-state index contributed by atoms with van der Waals surface area (Å²) < 4.78 is 10.5. The first-order valence-corrected chi connectivity index (χ1v) is 9.73. The van der Waals surface area contributed by atoms with Gasteiger partial charge < -0.3 is 19.3 Å². The van der Waals surface area contributed by atoms with Gasteiger partial charge in [0.1, 0.15) is 0 Å². The summed E-state index contributed by atoms with van der Waals surface area (Å²) in [6.07, 6.45) is 3.93. The number of amides is 2. The van der Waals surface area contributed by atoms with Crippen molar-refractivity contribution in [1.29, 1.82) is 0 Å². The van der Waals surface area contributed by atoms with Crippen LogP contribution in [-0.4, -0.2) is 62.5 Å². The van der Waals surface area contributed by atoms with E-state index in [1.807, 2.05) is 35.0 Å². The number of piperidine rings is 1. The molecule has 150 valence electrons. The zero-order valence-corrected chi connectivity index (χ0v) is 17.0. The quantitative estimate of drug-likeness (QED) is 0.700. The highest BCUT2D eigenvalue weighted by Gasteiger charge is 2.29. The van der Waals surface area contributed by atoms with Crippen molar-refractivity contribution in [2.24, 2.45) is 5.92 Å². The van der Waals surface area contributed by atoms with Crippen molar-refractivity contribution < 1.29 is 19.1 Å². The molecule has 0 aliphatic carbocycles. The van der Waals surface area contributed by atoms with Gasteiger partial charge in [-0.05, 0) is 37.0 Å². The van der Waals surface area contributed by atoms with Gasteiger partial charge in [0, 0.05) is 32.6 Å². The van der Waals surface area contributed by atoms with Gasteiger partial charge in [-0.25, -0.2) is 0 Å². The highest BCUT2D eigenvalue weighted by Crippen LogP contribution is 2.28. The first-order chi connectivity index (χ1) is 13.0. The van der Waals surface area contributed by atoms with Crippen LogP contribution in [0, 0.1) is 5.92 Å². The van der Waals surface area contributed by atoms with Crippen molar-refractivity contribution in [2.45, 2.75) is 39.0 Å². The molecule has 1 aliphatic heterocycles. The van der Waals surface area contributed by atoms with Crippen LogP contribution < -0.4 is 9.47 Å². The molecule has 27 heavy (non-hydrogen) atoms. The van der Waals surface area contributed by atoms with Gasteiger partial charge in [0.25, 0.3) is 0 Å². The number of methoxy groups -OCH3 is 2. The molecule has 1 aromatic carbocycles. The maximum Gasteiger partial charge on any atom is 0.226 e. The van der Waals surface area contributed by atoms with Gasteiger partial charge in [-0.2, -0.15) is 0 Å². The van der Waals surface area contributed by atoms with Crippen LogP contribution in [0.25, 0.3) is 0 Å². The fourth-order valence-electron chi connectivity index (χ4n) is 3.47. The number of carbonyl (C=O) groups excluding carboxylic acids is 2. The van der Waals surface area contributed by atoms with Gasteiger partial charge in [-0.3, -0.25) is 9.59 Å². The summed E-state index contributed by atoms with van der Waals surface area (Å²) in [6.45, 7) is 4.23. The molecule has 0 bridgehead atoms. The van der Waals surface area contributed by atoms with E-state index in [0.717, 1.165) is 37.8 Å². The lowest BCUT2D eigenvalue weighted by atomic mass is 9.95. The highest BCUT2D eigenvalue weighted by atomic mass is 16.5.